The first-order valence-electron chi connectivity index (χ1n) is 6.80. The minimum Gasteiger partial charge on any atom is -0.355 e. The van der Waals surface area contributed by atoms with Crippen LogP contribution in [0.4, 0.5) is 5.82 Å². The molecule has 2 heterocycles. The van der Waals surface area contributed by atoms with Gasteiger partial charge in [-0.1, -0.05) is 20.8 Å². The van der Waals surface area contributed by atoms with Gasteiger partial charge in [0.2, 0.25) is 0 Å². The highest BCUT2D eigenvalue weighted by atomic mass is 15.3. The summed E-state index contributed by atoms with van der Waals surface area (Å²) in [5.41, 5.74) is 6.73. The van der Waals surface area contributed by atoms with E-state index in [-0.39, 0.29) is 5.41 Å². The molecule has 4 heteroatoms. The largest absolute Gasteiger partial charge is 0.355 e. The van der Waals surface area contributed by atoms with Crippen molar-refractivity contribution in [2.24, 2.45) is 11.7 Å². The molecule has 4 nitrogen and oxygen atoms in total. The van der Waals surface area contributed by atoms with Crippen molar-refractivity contribution in [3.05, 3.63) is 17.8 Å². The van der Waals surface area contributed by atoms with Gasteiger partial charge in [-0.25, -0.2) is 0 Å². The van der Waals surface area contributed by atoms with E-state index in [4.69, 9.17) is 5.73 Å². The zero-order valence-electron chi connectivity index (χ0n) is 11.7. The Morgan fingerprint density at radius 2 is 2.11 bits per heavy atom. The van der Waals surface area contributed by atoms with Gasteiger partial charge in [-0.15, -0.1) is 5.10 Å². The monoisotopic (exact) mass is 248 g/mol. The molecule has 0 amide bonds. The van der Waals surface area contributed by atoms with Crippen LogP contribution < -0.4 is 10.6 Å². The SMILES string of the molecule is CC(C)(C)c1ccc(N2CCC(CCN)C2)nn1. The number of rotatable bonds is 3. The topological polar surface area (TPSA) is 55.0 Å². The van der Waals surface area contributed by atoms with E-state index in [2.05, 4.69) is 48.0 Å². The summed E-state index contributed by atoms with van der Waals surface area (Å²) >= 11 is 0. The van der Waals surface area contributed by atoms with Crippen molar-refractivity contribution in [3.8, 4) is 0 Å². The number of nitrogens with two attached hydrogens (primary N) is 1. The van der Waals surface area contributed by atoms with Gasteiger partial charge in [0, 0.05) is 18.5 Å². The van der Waals surface area contributed by atoms with E-state index in [1.807, 2.05) is 0 Å². The minimum absolute atomic E-state index is 0.0681. The average Bonchev–Trinajstić information content (AvgIpc) is 2.77. The standard InChI is InChI=1S/C14H24N4/c1-14(2,3)12-4-5-13(17-16-12)18-9-7-11(10-18)6-8-15/h4-5,11H,6-10,15H2,1-3H3. The fourth-order valence-electron chi connectivity index (χ4n) is 2.41. The number of nitrogens with zero attached hydrogens (tertiary/aromatic N) is 3. The lowest BCUT2D eigenvalue weighted by molar-refractivity contribution is 0.544. The van der Waals surface area contributed by atoms with E-state index in [1.54, 1.807) is 0 Å². The maximum absolute atomic E-state index is 5.61. The highest BCUT2D eigenvalue weighted by molar-refractivity contribution is 5.39. The molecule has 1 aromatic heterocycles. The van der Waals surface area contributed by atoms with Gasteiger partial charge in [0.25, 0.3) is 0 Å². The molecule has 1 aromatic rings. The van der Waals surface area contributed by atoms with Crippen LogP contribution in [0.15, 0.2) is 12.1 Å². The zero-order chi connectivity index (χ0) is 13.2. The van der Waals surface area contributed by atoms with Crippen LogP contribution in [-0.2, 0) is 5.41 Å². The van der Waals surface area contributed by atoms with E-state index in [1.165, 1.54) is 6.42 Å². The van der Waals surface area contributed by atoms with Crippen molar-refractivity contribution in [2.45, 2.75) is 39.0 Å². The lowest BCUT2D eigenvalue weighted by Gasteiger charge is -2.20. The van der Waals surface area contributed by atoms with Crippen LogP contribution in [0.1, 0.15) is 39.3 Å². The van der Waals surface area contributed by atoms with E-state index < -0.39 is 0 Å². The van der Waals surface area contributed by atoms with Crippen molar-refractivity contribution in [2.75, 3.05) is 24.5 Å². The Morgan fingerprint density at radius 3 is 2.67 bits per heavy atom. The van der Waals surface area contributed by atoms with E-state index in [0.717, 1.165) is 43.5 Å². The minimum atomic E-state index is 0.0681. The molecule has 1 atom stereocenters. The molecule has 1 saturated heterocycles. The van der Waals surface area contributed by atoms with Crippen molar-refractivity contribution < 1.29 is 0 Å². The van der Waals surface area contributed by atoms with Gasteiger partial charge in [-0.3, -0.25) is 0 Å². The first-order valence-corrected chi connectivity index (χ1v) is 6.80. The molecule has 0 aliphatic carbocycles. The van der Waals surface area contributed by atoms with Crippen molar-refractivity contribution in [1.82, 2.24) is 10.2 Å². The first-order chi connectivity index (χ1) is 8.50. The van der Waals surface area contributed by atoms with Gasteiger partial charge in [-0.2, -0.15) is 5.10 Å². The highest BCUT2D eigenvalue weighted by Gasteiger charge is 2.23. The normalized spacial score (nSPS) is 20.4. The van der Waals surface area contributed by atoms with Gasteiger partial charge in [-0.05, 0) is 37.4 Å². The zero-order valence-corrected chi connectivity index (χ0v) is 11.7. The summed E-state index contributed by atoms with van der Waals surface area (Å²) in [5, 5.41) is 8.72. The van der Waals surface area contributed by atoms with Crippen molar-refractivity contribution >= 4 is 5.82 Å². The molecular weight excluding hydrogens is 224 g/mol. The molecule has 2 rings (SSSR count). The lowest BCUT2D eigenvalue weighted by Crippen LogP contribution is -2.23. The third-order valence-electron chi connectivity index (χ3n) is 3.60. The Balaban J connectivity index is 2.03. The van der Waals surface area contributed by atoms with Gasteiger partial charge in [0.15, 0.2) is 5.82 Å². The summed E-state index contributed by atoms with van der Waals surface area (Å²) in [6.45, 7) is 9.40. The number of anilines is 1. The lowest BCUT2D eigenvalue weighted by atomic mass is 9.92. The summed E-state index contributed by atoms with van der Waals surface area (Å²) in [6.07, 6.45) is 2.34. The summed E-state index contributed by atoms with van der Waals surface area (Å²) in [6, 6.07) is 4.19. The second kappa shape index (κ2) is 5.22. The number of hydrogen-bond acceptors (Lipinski definition) is 4. The van der Waals surface area contributed by atoms with E-state index >= 15 is 0 Å². The number of hydrogen-bond donors (Lipinski definition) is 1. The molecule has 0 saturated carbocycles. The van der Waals surface area contributed by atoms with Crippen LogP contribution >= 0.6 is 0 Å². The van der Waals surface area contributed by atoms with E-state index in [0.29, 0.717) is 0 Å². The molecule has 1 unspecified atom stereocenters. The first kappa shape index (κ1) is 13.3. The Morgan fingerprint density at radius 1 is 1.33 bits per heavy atom. The molecule has 100 valence electrons. The van der Waals surface area contributed by atoms with E-state index in [9.17, 15) is 0 Å². The summed E-state index contributed by atoms with van der Waals surface area (Å²) in [4.78, 5) is 2.32. The van der Waals surface area contributed by atoms with Gasteiger partial charge >= 0.3 is 0 Å². The summed E-state index contributed by atoms with van der Waals surface area (Å²) in [5.74, 6) is 1.72. The quantitative estimate of drug-likeness (QED) is 0.888. The highest BCUT2D eigenvalue weighted by Crippen LogP contribution is 2.25. The fraction of sp³-hybridized carbons (Fsp3) is 0.714. The second-order valence-electron chi connectivity index (χ2n) is 6.20. The average molecular weight is 248 g/mol. The van der Waals surface area contributed by atoms with Crippen LogP contribution in [0.5, 0.6) is 0 Å². The van der Waals surface area contributed by atoms with Crippen molar-refractivity contribution in [1.29, 1.82) is 0 Å². The maximum Gasteiger partial charge on any atom is 0.151 e. The van der Waals surface area contributed by atoms with Crippen LogP contribution in [0, 0.1) is 5.92 Å². The van der Waals surface area contributed by atoms with Gasteiger partial charge < -0.3 is 10.6 Å². The Kier molecular flexibility index (Phi) is 3.85. The molecular formula is C14H24N4. The van der Waals surface area contributed by atoms with Crippen LogP contribution in [0.2, 0.25) is 0 Å². The molecule has 0 aromatic carbocycles. The predicted molar refractivity (Wildman–Crippen MR) is 74.7 cm³/mol. The summed E-state index contributed by atoms with van der Waals surface area (Å²) < 4.78 is 0. The second-order valence-corrected chi connectivity index (χ2v) is 6.20. The smallest absolute Gasteiger partial charge is 0.151 e. The Hall–Kier alpha value is -1.16. The van der Waals surface area contributed by atoms with Crippen molar-refractivity contribution in [3.63, 3.8) is 0 Å². The van der Waals surface area contributed by atoms with Crippen LogP contribution in [-0.4, -0.2) is 29.8 Å². The third kappa shape index (κ3) is 2.99. The fourth-order valence-corrected chi connectivity index (χ4v) is 2.41. The molecule has 2 N–H and O–H groups in total. The molecule has 1 aliphatic rings. The molecule has 0 spiro atoms. The Labute approximate surface area is 110 Å². The van der Waals surface area contributed by atoms with Gasteiger partial charge in [0.1, 0.15) is 0 Å². The molecule has 18 heavy (non-hydrogen) atoms. The molecule has 1 fully saturated rings. The van der Waals surface area contributed by atoms with Crippen LogP contribution in [0.3, 0.4) is 0 Å². The molecule has 0 bridgehead atoms. The van der Waals surface area contributed by atoms with Gasteiger partial charge in [0.05, 0.1) is 5.69 Å². The predicted octanol–water partition coefficient (Wildman–Crippen LogP) is 1.95. The molecule has 0 radical (unpaired) electrons. The molecule has 1 aliphatic heterocycles. The summed E-state index contributed by atoms with van der Waals surface area (Å²) in [7, 11) is 0. The Bertz CT molecular complexity index is 380. The third-order valence-corrected chi connectivity index (χ3v) is 3.60. The van der Waals surface area contributed by atoms with Crippen LogP contribution in [0.25, 0.3) is 0 Å². The maximum atomic E-state index is 5.61. The number of aromatic nitrogens is 2.